The van der Waals surface area contributed by atoms with Crippen LogP contribution in [0.15, 0.2) is 0 Å². The van der Waals surface area contributed by atoms with Gasteiger partial charge in [0.2, 0.25) is 5.91 Å². The van der Waals surface area contributed by atoms with E-state index in [1.807, 2.05) is 0 Å². The summed E-state index contributed by atoms with van der Waals surface area (Å²) in [6.07, 6.45) is 6.86. The van der Waals surface area contributed by atoms with Crippen LogP contribution in [0.1, 0.15) is 45.4 Å². The van der Waals surface area contributed by atoms with E-state index in [0.717, 1.165) is 12.8 Å². The molecule has 1 fully saturated rings. The maximum Gasteiger partial charge on any atom is 0.410 e. The summed E-state index contributed by atoms with van der Waals surface area (Å²) < 4.78 is 4.75. The van der Waals surface area contributed by atoms with Crippen molar-refractivity contribution in [3.63, 3.8) is 0 Å². The number of rotatable bonds is 9. The third kappa shape index (κ3) is 5.89. The molecule has 0 spiro atoms. The Hall–Kier alpha value is -1.26. The highest BCUT2D eigenvalue weighted by Gasteiger charge is 2.23. The van der Waals surface area contributed by atoms with E-state index in [4.69, 9.17) is 4.74 Å². The van der Waals surface area contributed by atoms with Crippen LogP contribution in [0.2, 0.25) is 0 Å². The lowest BCUT2D eigenvalue weighted by atomic mass is 10.1. The topological polar surface area (TPSA) is 58.6 Å². The van der Waals surface area contributed by atoms with Gasteiger partial charge in [0.25, 0.3) is 0 Å². The van der Waals surface area contributed by atoms with Crippen LogP contribution in [0.3, 0.4) is 0 Å². The van der Waals surface area contributed by atoms with Crippen molar-refractivity contribution in [1.82, 2.24) is 10.2 Å². The van der Waals surface area contributed by atoms with Crippen molar-refractivity contribution in [1.29, 1.82) is 0 Å². The van der Waals surface area contributed by atoms with Gasteiger partial charge in [-0.05, 0) is 6.42 Å². The van der Waals surface area contributed by atoms with Gasteiger partial charge in [0, 0.05) is 6.54 Å². The Morgan fingerprint density at radius 1 is 1.28 bits per heavy atom. The minimum Gasteiger partial charge on any atom is -0.448 e. The molecule has 1 aliphatic heterocycles. The summed E-state index contributed by atoms with van der Waals surface area (Å²) in [5.74, 6) is -0.0950. The minimum atomic E-state index is -0.385. The quantitative estimate of drug-likeness (QED) is 0.641. The number of nitrogens with zero attached hydrogens (tertiary/aromatic N) is 1. The molecule has 0 saturated carbocycles. The van der Waals surface area contributed by atoms with Gasteiger partial charge >= 0.3 is 6.09 Å². The van der Waals surface area contributed by atoms with Gasteiger partial charge in [-0.1, -0.05) is 39.0 Å². The van der Waals surface area contributed by atoms with Gasteiger partial charge in [0.05, 0.1) is 6.54 Å². The van der Waals surface area contributed by atoms with E-state index in [-0.39, 0.29) is 18.5 Å². The first kappa shape index (κ1) is 14.8. The largest absolute Gasteiger partial charge is 0.448 e. The molecule has 0 unspecified atom stereocenters. The predicted molar refractivity (Wildman–Crippen MR) is 69.3 cm³/mol. The average Bonchev–Trinajstić information content (AvgIpc) is 2.74. The number of hydrogen-bond acceptors (Lipinski definition) is 3. The Kier molecular flexibility index (Phi) is 7.22. The highest BCUT2D eigenvalue weighted by Crippen LogP contribution is 2.04. The van der Waals surface area contributed by atoms with Gasteiger partial charge in [-0.25, -0.2) is 4.79 Å². The molecule has 18 heavy (non-hydrogen) atoms. The second kappa shape index (κ2) is 8.78. The zero-order valence-electron chi connectivity index (χ0n) is 11.2. The Morgan fingerprint density at radius 3 is 2.67 bits per heavy atom. The van der Waals surface area contributed by atoms with Gasteiger partial charge < -0.3 is 10.1 Å². The molecule has 5 heteroatoms. The fourth-order valence-electron chi connectivity index (χ4n) is 1.93. The van der Waals surface area contributed by atoms with Crippen molar-refractivity contribution in [2.45, 2.75) is 45.4 Å². The van der Waals surface area contributed by atoms with E-state index in [1.165, 1.54) is 30.6 Å². The van der Waals surface area contributed by atoms with Gasteiger partial charge in [0.1, 0.15) is 13.2 Å². The standard InChI is InChI=1S/C13H24N2O3/c1-2-3-4-5-6-7-8-14-12(16)11-15-9-10-18-13(15)17/h2-11H2,1H3,(H,14,16). The molecule has 1 heterocycles. The van der Waals surface area contributed by atoms with E-state index in [0.29, 0.717) is 19.7 Å². The van der Waals surface area contributed by atoms with E-state index in [1.54, 1.807) is 0 Å². The Labute approximate surface area is 109 Å². The first-order chi connectivity index (χ1) is 8.74. The second-order valence-electron chi connectivity index (χ2n) is 4.65. The highest BCUT2D eigenvalue weighted by atomic mass is 16.6. The zero-order valence-corrected chi connectivity index (χ0v) is 11.2. The summed E-state index contributed by atoms with van der Waals surface area (Å²) in [7, 11) is 0. The number of amides is 2. The Bertz CT molecular complexity index is 269. The van der Waals surface area contributed by atoms with Gasteiger partial charge in [0.15, 0.2) is 0 Å². The summed E-state index contributed by atoms with van der Waals surface area (Å²) in [6.45, 7) is 3.93. The molecule has 1 rings (SSSR count). The van der Waals surface area contributed by atoms with Crippen LogP contribution in [0.5, 0.6) is 0 Å². The fourth-order valence-corrected chi connectivity index (χ4v) is 1.93. The van der Waals surface area contributed by atoms with Crippen LogP contribution >= 0.6 is 0 Å². The molecule has 2 amide bonds. The van der Waals surface area contributed by atoms with Crippen LogP contribution < -0.4 is 5.32 Å². The van der Waals surface area contributed by atoms with Gasteiger partial charge in [-0.3, -0.25) is 9.69 Å². The Balaban J connectivity index is 1.95. The molecule has 1 saturated heterocycles. The number of carbonyl (C=O) groups excluding carboxylic acids is 2. The smallest absolute Gasteiger partial charge is 0.410 e. The van der Waals surface area contributed by atoms with E-state index in [2.05, 4.69) is 12.2 Å². The first-order valence-corrected chi connectivity index (χ1v) is 6.92. The number of unbranched alkanes of at least 4 members (excludes halogenated alkanes) is 5. The highest BCUT2D eigenvalue weighted by molar-refractivity contribution is 5.82. The van der Waals surface area contributed by atoms with Crippen molar-refractivity contribution in [2.75, 3.05) is 26.2 Å². The number of cyclic esters (lactones) is 1. The molecular weight excluding hydrogens is 232 g/mol. The lowest BCUT2D eigenvalue weighted by molar-refractivity contribution is -0.121. The number of ether oxygens (including phenoxy) is 1. The summed E-state index contributed by atoms with van der Waals surface area (Å²) >= 11 is 0. The molecule has 0 bridgehead atoms. The van der Waals surface area contributed by atoms with E-state index >= 15 is 0 Å². The van der Waals surface area contributed by atoms with Crippen LogP contribution in [0.4, 0.5) is 4.79 Å². The van der Waals surface area contributed by atoms with Crippen molar-refractivity contribution >= 4 is 12.0 Å². The zero-order chi connectivity index (χ0) is 13.2. The minimum absolute atomic E-state index is 0.0950. The molecule has 0 radical (unpaired) electrons. The normalized spacial score (nSPS) is 14.7. The van der Waals surface area contributed by atoms with Crippen molar-refractivity contribution < 1.29 is 14.3 Å². The molecule has 1 N–H and O–H groups in total. The summed E-state index contributed by atoms with van der Waals surface area (Å²) in [5, 5.41) is 2.83. The number of carbonyl (C=O) groups is 2. The van der Waals surface area contributed by atoms with Gasteiger partial charge in [-0.2, -0.15) is 0 Å². The van der Waals surface area contributed by atoms with Crippen molar-refractivity contribution in [3.05, 3.63) is 0 Å². The first-order valence-electron chi connectivity index (χ1n) is 6.92. The van der Waals surface area contributed by atoms with E-state index < -0.39 is 0 Å². The maximum absolute atomic E-state index is 11.5. The molecule has 0 aromatic carbocycles. The SMILES string of the molecule is CCCCCCCCNC(=O)CN1CCOC1=O. The molecule has 5 nitrogen and oxygen atoms in total. The van der Waals surface area contributed by atoms with Crippen LogP contribution in [-0.4, -0.2) is 43.1 Å². The molecule has 1 aliphatic rings. The van der Waals surface area contributed by atoms with Gasteiger partial charge in [-0.15, -0.1) is 0 Å². The van der Waals surface area contributed by atoms with Crippen LogP contribution in [0.25, 0.3) is 0 Å². The average molecular weight is 256 g/mol. The molecular formula is C13H24N2O3. The molecule has 0 aromatic heterocycles. The molecule has 0 aromatic rings. The third-order valence-electron chi connectivity index (χ3n) is 3.03. The van der Waals surface area contributed by atoms with E-state index in [9.17, 15) is 9.59 Å². The molecule has 104 valence electrons. The summed E-state index contributed by atoms with van der Waals surface area (Å²) in [6, 6.07) is 0. The predicted octanol–water partition coefficient (Wildman–Crippen LogP) is 1.92. The third-order valence-corrected chi connectivity index (χ3v) is 3.03. The van der Waals surface area contributed by atoms with Crippen molar-refractivity contribution in [2.24, 2.45) is 0 Å². The van der Waals surface area contributed by atoms with Crippen molar-refractivity contribution in [3.8, 4) is 0 Å². The monoisotopic (exact) mass is 256 g/mol. The summed E-state index contributed by atoms with van der Waals surface area (Å²) in [4.78, 5) is 24.1. The van der Waals surface area contributed by atoms with Crippen LogP contribution in [0, 0.1) is 0 Å². The second-order valence-corrected chi connectivity index (χ2v) is 4.65. The van der Waals surface area contributed by atoms with Crippen LogP contribution in [-0.2, 0) is 9.53 Å². The number of hydrogen-bond donors (Lipinski definition) is 1. The maximum atomic E-state index is 11.5. The lowest BCUT2D eigenvalue weighted by Crippen LogP contribution is -2.38. The number of nitrogens with one attached hydrogen (secondary N) is 1. The summed E-state index contributed by atoms with van der Waals surface area (Å²) in [5.41, 5.74) is 0. The fraction of sp³-hybridized carbons (Fsp3) is 0.846. The Morgan fingerprint density at radius 2 is 2.00 bits per heavy atom. The molecule has 0 atom stereocenters. The molecule has 0 aliphatic carbocycles. The lowest BCUT2D eigenvalue weighted by Gasteiger charge is -2.12.